The predicted octanol–water partition coefficient (Wildman–Crippen LogP) is 2.49. The Balaban J connectivity index is 1.61. The van der Waals surface area contributed by atoms with Crippen LogP contribution in [-0.4, -0.2) is 32.2 Å². The normalized spacial score (nSPS) is 14.0. The second-order valence-electron chi connectivity index (χ2n) is 6.08. The Labute approximate surface area is 147 Å². The van der Waals surface area contributed by atoms with Gasteiger partial charge in [-0.1, -0.05) is 17.1 Å². The van der Waals surface area contributed by atoms with Crippen LogP contribution in [0.1, 0.15) is 16.7 Å². The second-order valence-corrected chi connectivity index (χ2v) is 6.08. The Hall–Kier alpha value is -2.28. The minimum atomic E-state index is 0.596. The van der Waals surface area contributed by atoms with Crippen LogP contribution < -0.4 is 20.3 Å². The van der Waals surface area contributed by atoms with E-state index in [1.165, 1.54) is 16.7 Å². The highest BCUT2D eigenvalue weighted by Gasteiger charge is 2.19. The van der Waals surface area contributed by atoms with Crippen molar-refractivity contribution in [2.75, 3.05) is 27.3 Å². The van der Waals surface area contributed by atoms with E-state index in [1.54, 1.807) is 14.2 Å². The summed E-state index contributed by atoms with van der Waals surface area (Å²) in [6.07, 6.45) is 2.00. The van der Waals surface area contributed by atoms with Gasteiger partial charge in [-0.2, -0.15) is 5.90 Å². The number of hydrogen-bond donors (Lipinski definition) is 1. The summed E-state index contributed by atoms with van der Waals surface area (Å²) >= 11 is 0. The van der Waals surface area contributed by atoms with Crippen LogP contribution in [0.15, 0.2) is 36.4 Å². The van der Waals surface area contributed by atoms with E-state index in [0.717, 1.165) is 44.0 Å². The van der Waals surface area contributed by atoms with Gasteiger partial charge in [0.1, 0.15) is 0 Å². The number of ether oxygens (including phenoxy) is 2. The third-order valence-electron chi connectivity index (χ3n) is 4.58. The Bertz CT molecular complexity index is 703. The molecule has 0 fully saturated rings. The van der Waals surface area contributed by atoms with Gasteiger partial charge >= 0.3 is 0 Å². The molecule has 0 aromatic heterocycles. The molecule has 6 nitrogen and oxygen atoms in total. The first-order chi connectivity index (χ1) is 12.2. The van der Waals surface area contributed by atoms with Crippen molar-refractivity contribution in [2.45, 2.75) is 19.4 Å². The fourth-order valence-electron chi connectivity index (χ4n) is 3.19. The van der Waals surface area contributed by atoms with Crippen molar-refractivity contribution in [1.29, 1.82) is 0 Å². The number of benzene rings is 2. The van der Waals surface area contributed by atoms with Gasteiger partial charge in [-0.15, -0.1) is 0 Å². The predicted molar refractivity (Wildman–Crippen MR) is 94.6 cm³/mol. The number of fused-ring (bicyclic) bond motifs is 1. The lowest BCUT2D eigenvalue weighted by Crippen LogP contribution is -2.32. The van der Waals surface area contributed by atoms with E-state index < -0.39 is 0 Å². The zero-order chi connectivity index (χ0) is 17.6. The van der Waals surface area contributed by atoms with E-state index in [0.29, 0.717) is 5.75 Å². The van der Waals surface area contributed by atoms with Gasteiger partial charge in [0.25, 0.3) is 0 Å². The lowest BCUT2D eigenvalue weighted by atomic mass is 9.98. The molecule has 0 amide bonds. The quantitative estimate of drug-likeness (QED) is 0.615. The van der Waals surface area contributed by atoms with Gasteiger partial charge in [0.2, 0.25) is 0 Å². The first-order valence-electron chi connectivity index (χ1n) is 8.32. The minimum absolute atomic E-state index is 0.596. The maximum Gasteiger partial charge on any atom is 0.167 e. The van der Waals surface area contributed by atoms with Crippen molar-refractivity contribution in [1.82, 2.24) is 4.90 Å². The number of nitrogens with zero attached hydrogens (tertiary/aromatic N) is 1. The molecule has 25 heavy (non-hydrogen) atoms. The maximum absolute atomic E-state index is 5.42. The van der Waals surface area contributed by atoms with Gasteiger partial charge in [0.05, 0.1) is 14.2 Å². The minimum Gasteiger partial charge on any atom is -0.493 e. The molecule has 2 aromatic rings. The fraction of sp³-hybridized carbons (Fsp3) is 0.368. The SMILES string of the molecule is COc1cc2c(cc1OC)CN(CCc1ccc(OON)cc1)CC2. The van der Waals surface area contributed by atoms with E-state index in [1.807, 2.05) is 24.3 Å². The average molecular weight is 344 g/mol. The molecule has 0 radical (unpaired) electrons. The first kappa shape index (κ1) is 17.5. The van der Waals surface area contributed by atoms with Crippen molar-refractivity contribution >= 4 is 0 Å². The Morgan fingerprint density at radius 3 is 2.32 bits per heavy atom. The number of hydrogen-bond acceptors (Lipinski definition) is 6. The van der Waals surface area contributed by atoms with Crippen LogP contribution in [0.3, 0.4) is 0 Å². The summed E-state index contributed by atoms with van der Waals surface area (Å²) in [6, 6.07) is 12.0. The van der Waals surface area contributed by atoms with Crippen molar-refractivity contribution < 1.29 is 19.3 Å². The summed E-state index contributed by atoms with van der Waals surface area (Å²) < 4.78 is 10.8. The summed E-state index contributed by atoms with van der Waals surface area (Å²) in [5.41, 5.74) is 3.91. The molecule has 134 valence electrons. The van der Waals surface area contributed by atoms with E-state index in [2.05, 4.69) is 22.0 Å². The molecule has 0 bridgehead atoms. The second kappa shape index (κ2) is 8.20. The van der Waals surface area contributed by atoms with E-state index in [-0.39, 0.29) is 0 Å². The molecule has 0 unspecified atom stereocenters. The third-order valence-corrected chi connectivity index (χ3v) is 4.58. The van der Waals surface area contributed by atoms with Crippen LogP contribution in [0.2, 0.25) is 0 Å². The number of nitrogens with two attached hydrogens (primary N) is 1. The average Bonchev–Trinajstić information content (AvgIpc) is 2.66. The monoisotopic (exact) mass is 344 g/mol. The lowest BCUT2D eigenvalue weighted by Gasteiger charge is -2.29. The molecular weight excluding hydrogens is 320 g/mol. The van der Waals surface area contributed by atoms with Gasteiger partial charge in [-0.3, -0.25) is 4.90 Å². The Morgan fingerprint density at radius 2 is 1.68 bits per heavy atom. The number of methoxy groups -OCH3 is 2. The molecule has 1 aliphatic rings. The van der Waals surface area contributed by atoms with Crippen LogP contribution >= 0.6 is 0 Å². The van der Waals surface area contributed by atoms with Crippen LogP contribution in [-0.2, 0) is 24.4 Å². The highest BCUT2D eigenvalue weighted by atomic mass is 17.3. The van der Waals surface area contributed by atoms with Crippen LogP contribution in [0.4, 0.5) is 0 Å². The molecule has 1 aliphatic heterocycles. The summed E-state index contributed by atoms with van der Waals surface area (Å²) in [7, 11) is 3.35. The highest BCUT2D eigenvalue weighted by Crippen LogP contribution is 2.33. The van der Waals surface area contributed by atoms with Crippen molar-refractivity contribution in [3.8, 4) is 17.2 Å². The summed E-state index contributed by atoms with van der Waals surface area (Å²) in [6.45, 7) is 2.98. The Kier molecular flexibility index (Phi) is 5.75. The number of rotatable bonds is 7. The Morgan fingerprint density at radius 1 is 1.00 bits per heavy atom. The molecule has 0 aliphatic carbocycles. The zero-order valence-electron chi connectivity index (χ0n) is 14.7. The zero-order valence-corrected chi connectivity index (χ0v) is 14.7. The van der Waals surface area contributed by atoms with Gasteiger partial charge in [-0.25, -0.2) is 0 Å². The molecular formula is C19H24N2O4. The molecule has 0 saturated heterocycles. The van der Waals surface area contributed by atoms with Crippen LogP contribution in [0, 0.1) is 0 Å². The van der Waals surface area contributed by atoms with Crippen molar-refractivity contribution in [3.05, 3.63) is 53.1 Å². The molecule has 0 saturated carbocycles. The molecule has 1 heterocycles. The van der Waals surface area contributed by atoms with E-state index >= 15 is 0 Å². The summed E-state index contributed by atoms with van der Waals surface area (Å²) in [4.78, 5) is 11.4. The fourth-order valence-corrected chi connectivity index (χ4v) is 3.19. The molecule has 2 N–H and O–H groups in total. The van der Waals surface area contributed by atoms with E-state index in [9.17, 15) is 0 Å². The first-order valence-corrected chi connectivity index (χ1v) is 8.32. The van der Waals surface area contributed by atoms with E-state index in [4.69, 9.17) is 20.3 Å². The van der Waals surface area contributed by atoms with Crippen molar-refractivity contribution in [3.63, 3.8) is 0 Å². The van der Waals surface area contributed by atoms with Gasteiger partial charge in [0, 0.05) is 19.6 Å². The van der Waals surface area contributed by atoms with Gasteiger partial charge < -0.3 is 14.4 Å². The molecule has 6 heteroatoms. The third kappa shape index (κ3) is 4.22. The summed E-state index contributed by atoms with van der Waals surface area (Å²) in [5.74, 6) is 7.08. The molecule has 3 rings (SSSR count). The van der Waals surface area contributed by atoms with Crippen molar-refractivity contribution in [2.24, 2.45) is 5.90 Å². The van der Waals surface area contributed by atoms with Crippen LogP contribution in [0.5, 0.6) is 17.2 Å². The topological polar surface area (TPSA) is 66.2 Å². The summed E-state index contributed by atoms with van der Waals surface area (Å²) in [5, 5.41) is 0. The maximum atomic E-state index is 5.42. The smallest absolute Gasteiger partial charge is 0.167 e. The lowest BCUT2D eigenvalue weighted by molar-refractivity contribution is -0.211. The molecule has 0 spiro atoms. The van der Waals surface area contributed by atoms with Gasteiger partial charge in [0.15, 0.2) is 17.2 Å². The molecule has 0 atom stereocenters. The van der Waals surface area contributed by atoms with Crippen LogP contribution in [0.25, 0.3) is 0 Å². The molecule has 2 aromatic carbocycles. The van der Waals surface area contributed by atoms with Gasteiger partial charge in [-0.05, 0) is 53.8 Å². The standard InChI is InChI=1S/C19H24N2O4/c1-22-18-11-15-8-10-21(13-16(15)12-19(18)23-2)9-7-14-3-5-17(6-4-14)24-25-20/h3-6,11-12H,7-10,13,20H2,1-2H3. The largest absolute Gasteiger partial charge is 0.493 e. The highest BCUT2D eigenvalue weighted by molar-refractivity contribution is 5.48.